The summed E-state index contributed by atoms with van der Waals surface area (Å²) < 4.78 is 25.7. The van der Waals surface area contributed by atoms with E-state index in [1.165, 1.54) is 0 Å². The molecule has 6 heavy (non-hydrogen) atoms. The first-order valence-corrected chi connectivity index (χ1v) is 2.26. The van der Waals surface area contributed by atoms with Crippen molar-refractivity contribution in [3.63, 3.8) is 0 Å². The summed E-state index contributed by atoms with van der Waals surface area (Å²) in [5.41, 5.74) is 0. The third kappa shape index (κ3) is 42.6. The fraction of sp³-hybridized carbons (Fsp3) is 0. The molecule has 0 aromatic heterocycles. The topological polar surface area (TPSA) is 88.7 Å². The molecule has 0 rings (SSSR count). The molecule has 0 heterocycles. The Morgan fingerprint density at radius 3 is 1.33 bits per heavy atom. The van der Waals surface area contributed by atoms with Crippen molar-refractivity contribution < 1.29 is 83.6 Å². The van der Waals surface area contributed by atoms with Crippen LogP contribution < -0.4 is 55.4 Å². The van der Waals surface area contributed by atoms with Gasteiger partial charge in [-0.05, 0) is 0 Å². The zero-order chi connectivity index (χ0) is 3.58. The summed E-state index contributed by atoms with van der Waals surface area (Å²) in [7, 11) is 0. The Hall–Kier alpha value is 1.74. The Kier molecular flexibility index (Phi) is 25.8. The van der Waals surface area contributed by atoms with Crippen LogP contribution in [0.15, 0.2) is 0 Å². The van der Waals surface area contributed by atoms with Crippen LogP contribution in [0.25, 0.3) is 0 Å². The Morgan fingerprint density at radius 1 is 1.33 bits per heavy atom. The molecule has 0 saturated carbocycles. The molecule has 0 aromatic rings. The molecule has 6 heteroatoms. The van der Waals surface area contributed by atoms with Crippen LogP contribution in [-0.2, 0) is 22.7 Å². The Labute approximate surface area is 82.0 Å². The van der Waals surface area contributed by atoms with Crippen LogP contribution >= 0.6 is 0 Å². The van der Waals surface area contributed by atoms with E-state index in [1.807, 2.05) is 0 Å². The number of hydrogen-bond donors (Lipinski definition) is 0. The van der Waals surface area contributed by atoms with Crippen molar-refractivity contribution in [2.24, 2.45) is 0 Å². The molecule has 4 nitrogen and oxygen atoms in total. The van der Waals surface area contributed by atoms with Crippen LogP contribution in [0.5, 0.6) is 0 Å². The molecular formula is H2KO4V. The molecular weight excluding hydrogens is 154 g/mol. The maximum absolute atomic E-state index is 8.56. The summed E-state index contributed by atoms with van der Waals surface area (Å²) in [4.78, 5) is 0. The van der Waals surface area contributed by atoms with Gasteiger partial charge in [0.1, 0.15) is 0 Å². The van der Waals surface area contributed by atoms with Crippen LogP contribution in [0.2, 0.25) is 0 Å². The van der Waals surface area contributed by atoms with Gasteiger partial charge >= 0.3 is 78.2 Å². The second kappa shape index (κ2) is 9.88. The molecule has 0 bridgehead atoms. The second-order valence-corrected chi connectivity index (χ2v) is 0.922. The van der Waals surface area contributed by atoms with Gasteiger partial charge in [-0.1, -0.05) is 0 Å². The van der Waals surface area contributed by atoms with E-state index < -0.39 is 15.4 Å². The molecule has 0 saturated heterocycles. The predicted octanol–water partition coefficient (Wildman–Crippen LogP) is -5.25. The molecule has 0 amide bonds. The molecule has 0 spiro atoms. The summed E-state index contributed by atoms with van der Waals surface area (Å²) in [6, 6.07) is 0. The molecule has 32 valence electrons. The molecule has 0 unspecified atom stereocenters. The van der Waals surface area contributed by atoms with Crippen LogP contribution in [0.4, 0.5) is 0 Å². The first-order valence-electron chi connectivity index (χ1n) is 0.548. The van der Waals surface area contributed by atoms with Gasteiger partial charge in [0.15, 0.2) is 0 Å². The summed E-state index contributed by atoms with van der Waals surface area (Å²) in [6.45, 7) is 0. The minimum atomic E-state index is -3.94. The normalized spacial score (nSPS) is 4.17. The van der Waals surface area contributed by atoms with Crippen molar-refractivity contribution >= 4 is 0 Å². The summed E-state index contributed by atoms with van der Waals surface area (Å²) >= 11 is -3.94. The molecule has 0 aliphatic rings. The van der Waals surface area contributed by atoms with Gasteiger partial charge in [0, 0.05) is 0 Å². The molecule has 0 aliphatic heterocycles. The Morgan fingerprint density at radius 2 is 1.33 bits per heavy atom. The third-order valence-electron chi connectivity index (χ3n) is 0. The van der Waals surface area contributed by atoms with Crippen LogP contribution in [0.1, 0.15) is 0 Å². The average Bonchev–Trinajstić information content (AvgIpc) is 0.811. The first-order chi connectivity index (χ1) is 1.73. The number of rotatable bonds is 0. The monoisotopic (exact) mass is 156 g/mol. The van der Waals surface area contributed by atoms with E-state index in [1.54, 1.807) is 0 Å². The molecule has 0 atom stereocenters. The van der Waals surface area contributed by atoms with Gasteiger partial charge in [0.2, 0.25) is 0 Å². The quantitative estimate of drug-likeness (QED) is 0.328. The van der Waals surface area contributed by atoms with Crippen molar-refractivity contribution in [3.8, 4) is 0 Å². The fourth-order valence-electron chi connectivity index (χ4n) is 0. The Balaban J connectivity index is -0.0000000450. The molecule has 0 radical (unpaired) electrons. The standard InChI is InChI=1S/K.H2O.3O.V/h;1H2;;;;/q+1;;;;-1;. The first kappa shape index (κ1) is 15.6. The van der Waals surface area contributed by atoms with Crippen molar-refractivity contribution in [2.75, 3.05) is 0 Å². The molecule has 0 aliphatic carbocycles. The molecule has 0 fully saturated rings. The van der Waals surface area contributed by atoms with Gasteiger partial charge in [-0.15, -0.1) is 0 Å². The van der Waals surface area contributed by atoms with E-state index in [0.717, 1.165) is 0 Å². The molecule has 2 N–H and O–H groups in total. The van der Waals surface area contributed by atoms with Gasteiger partial charge in [-0.25, -0.2) is 0 Å². The predicted molar refractivity (Wildman–Crippen MR) is 4.99 cm³/mol. The van der Waals surface area contributed by atoms with Crippen molar-refractivity contribution in [2.45, 2.75) is 0 Å². The van der Waals surface area contributed by atoms with Gasteiger partial charge < -0.3 is 5.48 Å². The van der Waals surface area contributed by atoms with E-state index in [4.69, 9.17) is 11.4 Å². The van der Waals surface area contributed by atoms with E-state index in [2.05, 4.69) is 0 Å². The fourth-order valence-corrected chi connectivity index (χ4v) is 0. The van der Waals surface area contributed by atoms with Crippen molar-refractivity contribution in [1.29, 1.82) is 0 Å². The number of hydrogen-bond acceptors (Lipinski definition) is 3. The summed E-state index contributed by atoms with van der Waals surface area (Å²) in [5, 5.41) is 0. The maximum atomic E-state index is 8.56. The van der Waals surface area contributed by atoms with E-state index in [9.17, 15) is 0 Å². The minimum absolute atomic E-state index is 0. The van der Waals surface area contributed by atoms with Gasteiger partial charge in [-0.2, -0.15) is 0 Å². The van der Waals surface area contributed by atoms with Gasteiger partial charge in [0.05, 0.1) is 0 Å². The molecule has 0 aromatic carbocycles. The van der Waals surface area contributed by atoms with E-state index in [-0.39, 0.29) is 56.9 Å². The van der Waals surface area contributed by atoms with Crippen molar-refractivity contribution in [1.82, 2.24) is 0 Å². The van der Waals surface area contributed by atoms with Gasteiger partial charge in [0.25, 0.3) is 0 Å². The van der Waals surface area contributed by atoms with Crippen LogP contribution in [0.3, 0.4) is 0 Å². The zero-order valence-corrected chi connectivity index (χ0v) is 7.69. The zero-order valence-electron chi connectivity index (χ0n) is 3.17. The second-order valence-electron chi connectivity index (χ2n) is 0.224. The average molecular weight is 156 g/mol. The summed E-state index contributed by atoms with van der Waals surface area (Å²) in [5.74, 6) is 0. The van der Waals surface area contributed by atoms with E-state index in [0.29, 0.717) is 0 Å². The summed E-state index contributed by atoms with van der Waals surface area (Å²) in [6.07, 6.45) is 0. The van der Waals surface area contributed by atoms with Crippen LogP contribution in [0, 0.1) is 0 Å². The SMILES string of the molecule is O.[K+].[O]=[V](=[O])[O-]. The third-order valence-corrected chi connectivity index (χ3v) is 0. The Bertz CT molecular complexity index is 55.9. The van der Waals surface area contributed by atoms with Crippen LogP contribution in [-0.4, -0.2) is 5.48 Å². The van der Waals surface area contributed by atoms with E-state index >= 15 is 0 Å². The van der Waals surface area contributed by atoms with Gasteiger partial charge in [-0.3, -0.25) is 0 Å². The van der Waals surface area contributed by atoms with Crippen molar-refractivity contribution in [3.05, 3.63) is 0 Å².